The number of hydrogen-bond donors (Lipinski definition) is 0. The van der Waals surface area contributed by atoms with Crippen LogP contribution in [0.4, 0.5) is 0 Å². The third-order valence-electron chi connectivity index (χ3n) is 3.72. The molecular formula is C27H44Na2O13S2. The number of hydrogen-bond acceptors (Lipinski definition) is 13. The Bertz CT molecular complexity index is 948. The van der Waals surface area contributed by atoms with E-state index >= 15 is 0 Å². The summed E-state index contributed by atoms with van der Waals surface area (Å²) in [5, 5.41) is 0. The van der Waals surface area contributed by atoms with Crippen LogP contribution in [0.15, 0.2) is 60.7 Å². The van der Waals surface area contributed by atoms with E-state index in [4.69, 9.17) is 59.1 Å². The van der Waals surface area contributed by atoms with Gasteiger partial charge in [-0.15, -0.1) is 0 Å². The minimum atomic E-state index is -3.92. The van der Waals surface area contributed by atoms with Gasteiger partial charge >= 0.3 is 59.1 Å². The summed E-state index contributed by atoms with van der Waals surface area (Å²) in [4.78, 5) is 0. The topological polar surface area (TPSA) is 179 Å². The van der Waals surface area contributed by atoms with Crippen molar-refractivity contribution >= 4 is 20.2 Å². The Kier molecular flexibility index (Phi) is 41.1. The Labute approximate surface area is 307 Å². The van der Waals surface area contributed by atoms with Gasteiger partial charge in [0.1, 0.15) is 25.1 Å². The van der Waals surface area contributed by atoms with Crippen molar-refractivity contribution in [3.05, 3.63) is 60.7 Å². The van der Waals surface area contributed by atoms with Gasteiger partial charge in [0.15, 0.2) is 0 Å². The maximum atomic E-state index is 9.08. The molecule has 2 rings (SSSR count). The van der Waals surface area contributed by atoms with Crippen molar-refractivity contribution in [1.82, 2.24) is 0 Å². The maximum absolute atomic E-state index is 9.08. The fourth-order valence-corrected chi connectivity index (χ4v) is 2.23. The Morgan fingerprint density at radius 2 is 0.841 bits per heavy atom. The number of para-hydroxylation sites is 2. The van der Waals surface area contributed by atoms with Gasteiger partial charge in [0.2, 0.25) is 0 Å². The summed E-state index contributed by atoms with van der Waals surface area (Å²) < 4.78 is 91.1. The number of rotatable bonds is 18. The predicted octanol–water partition coefficient (Wildman–Crippen LogP) is -2.76. The fraction of sp³-hybridized carbons (Fsp3) is 0.556. The monoisotopic (exact) mass is 686 g/mol. The van der Waals surface area contributed by atoms with Gasteiger partial charge in [-0.3, -0.25) is 0 Å². The van der Waals surface area contributed by atoms with Crippen LogP contribution in [0.1, 0.15) is 20.3 Å². The van der Waals surface area contributed by atoms with E-state index in [9.17, 15) is 0 Å². The molecule has 0 saturated carbocycles. The molecule has 13 nitrogen and oxygen atoms in total. The summed E-state index contributed by atoms with van der Waals surface area (Å²) in [6.45, 7) is 9.37. The van der Waals surface area contributed by atoms with Crippen LogP contribution in [0.5, 0.6) is 11.5 Å². The van der Waals surface area contributed by atoms with Gasteiger partial charge in [-0.05, 0) is 37.6 Å². The Hall–Kier alpha value is -0.180. The molecular weight excluding hydrogens is 642 g/mol. The van der Waals surface area contributed by atoms with Crippen LogP contribution in [-0.2, 0) is 48.7 Å². The van der Waals surface area contributed by atoms with Gasteiger partial charge in [-0.2, -0.15) is 0 Å². The van der Waals surface area contributed by atoms with Crippen LogP contribution in [0.25, 0.3) is 0 Å². The van der Waals surface area contributed by atoms with Crippen molar-refractivity contribution < 1.29 is 118 Å². The molecule has 0 saturated heterocycles. The van der Waals surface area contributed by atoms with Gasteiger partial charge in [-0.1, -0.05) is 43.3 Å². The molecule has 0 aliphatic heterocycles. The molecule has 44 heavy (non-hydrogen) atoms. The molecule has 0 amide bonds. The van der Waals surface area contributed by atoms with Crippen LogP contribution in [0, 0.1) is 0 Å². The molecule has 0 aromatic heterocycles. The van der Waals surface area contributed by atoms with Gasteiger partial charge in [0, 0.05) is 25.7 Å². The zero-order chi connectivity index (χ0) is 32.0. The molecule has 0 spiro atoms. The first kappa shape index (κ1) is 50.7. The molecule has 2 aromatic carbocycles. The SMILES string of the molecule is CCCOCCOCCOCOCOCCOCC.CS(=O)(=O)[O-].CS(=O)(=O)[O-].[Na+].[Na+].c1ccc(Oc2ccccc2)cc1. The van der Waals surface area contributed by atoms with Crippen molar-refractivity contribution in [3.8, 4) is 11.5 Å². The second kappa shape index (κ2) is 35.7. The second-order valence-corrected chi connectivity index (χ2v) is 10.6. The molecule has 0 radical (unpaired) electrons. The molecule has 0 N–H and O–H groups in total. The van der Waals surface area contributed by atoms with Crippen molar-refractivity contribution in [2.45, 2.75) is 20.3 Å². The number of benzene rings is 2. The first-order chi connectivity index (χ1) is 19.9. The minimum absolute atomic E-state index is 0. The molecule has 0 fully saturated rings. The van der Waals surface area contributed by atoms with E-state index in [2.05, 4.69) is 6.92 Å². The van der Waals surface area contributed by atoms with Crippen LogP contribution in [0.2, 0.25) is 0 Å². The van der Waals surface area contributed by atoms with Crippen LogP contribution in [-0.4, -0.2) is 105 Å². The summed E-state index contributed by atoms with van der Waals surface area (Å²) in [6.07, 6.45) is 2.24. The first-order valence-electron chi connectivity index (χ1n) is 12.9. The third kappa shape index (κ3) is 54.3. The van der Waals surface area contributed by atoms with Crippen LogP contribution >= 0.6 is 0 Å². The van der Waals surface area contributed by atoms with E-state index in [1.54, 1.807) is 0 Å². The van der Waals surface area contributed by atoms with E-state index in [1.807, 2.05) is 67.6 Å². The Morgan fingerprint density at radius 3 is 1.18 bits per heavy atom. The quantitative estimate of drug-likeness (QED) is 0.0682. The van der Waals surface area contributed by atoms with E-state index in [-0.39, 0.29) is 72.7 Å². The third-order valence-corrected chi connectivity index (χ3v) is 3.72. The molecule has 0 unspecified atom stereocenters. The summed E-state index contributed by atoms with van der Waals surface area (Å²) in [6, 6.07) is 19.5. The van der Waals surface area contributed by atoms with Crippen molar-refractivity contribution in [3.63, 3.8) is 0 Å². The van der Waals surface area contributed by atoms with E-state index in [0.717, 1.165) is 24.5 Å². The first-order valence-corrected chi connectivity index (χ1v) is 16.6. The minimum Gasteiger partial charge on any atom is -0.748 e. The van der Waals surface area contributed by atoms with Gasteiger partial charge in [0.25, 0.3) is 0 Å². The van der Waals surface area contributed by atoms with Crippen molar-refractivity contribution in [2.75, 3.05) is 79.0 Å². The van der Waals surface area contributed by atoms with Gasteiger partial charge in [-0.25, -0.2) is 16.8 Å². The molecule has 0 aliphatic rings. The predicted molar refractivity (Wildman–Crippen MR) is 155 cm³/mol. The van der Waals surface area contributed by atoms with Crippen molar-refractivity contribution in [2.24, 2.45) is 0 Å². The fourth-order valence-electron chi connectivity index (χ4n) is 2.23. The summed E-state index contributed by atoms with van der Waals surface area (Å²) in [5.41, 5.74) is 0. The molecule has 0 heterocycles. The van der Waals surface area contributed by atoms with Crippen LogP contribution < -0.4 is 63.9 Å². The van der Waals surface area contributed by atoms with E-state index in [1.165, 1.54) is 0 Å². The largest absolute Gasteiger partial charge is 1.00 e. The molecule has 0 atom stereocenters. The molecule has 0 aliphatic carbocycles. The maximum Gasteiger partial charge on any atom is 1.00 e. The molecule has 2 aromatic rings. The average molecular weight is 687 g/mol. The smallest absolute Gasteiger partial charge is 0.748 e. The molecule has 244 valence electrons. The standard InChI is InChI=1S/C13H28O6.C12H10O.2CH4O3S.2Na/c1-3-5-15-7-8-16-9-11-18-13-19-12-17-10-6-14-4-2;1-3-7-11(8-4-1)13-12-9-5-2-6-10-12;2*1-5(2,3)4;;/h3-13H2,1-2H3;1-10H;2*1H3,(H,2,3,4);;/q;;;;2*+1/p-2. The average Bonchev–Trinajstić information content (AvgIpc) is 2.91. The summed E-state index contributed by atoms with van der Waals surface area (Å²) in [7, 11) is -7.83. The van der Waals surface area contributed by atoms with E-state index < -0.39 is 20.2 Å². The van der Waals surface area contributed by atoms with Gasteiger partial charge in [0.05, 0.1) is 59.9 Å². The van der Waals surface area contributed by atoms with Crippen LogP contribution in [0.3, 0.4) is 0 Å². The normalized spacial score (nSPS) is 10.2. The Balaban J connectivity index is -0.000000275. The zero-order valence-electron chi connectivity index (χ0n) is 26.7. The van der Waals surface area contributed by atoms with Gasteiger partial charge < -0.3 is 42.3 Å². The second-order valence-electron chi connectivity index (χ2n) is 7.81. The summed E-state index contributed by atoms with van der Waals surface area (Å²) in [5.74, 6) is 1.74. The Morgan fingerprint density at radius 1 is 0.523 bits per heavy atom. The summed E-state index contributed by atoms with van der Waals surface area (Å²) >= 11 is 0. The number of ether oxygens (including phenoxy) is 7. The zero-order valence-corrected chi connectivity index (χ0v) is 32.3. The molecule has 17 heteroatoms. The van der Waals surface area contributed by atoms with Crippen molar-refractivity contribution in [1.29, 1.82) is 0 Å². The molecule has 0 bridgehead atoms. The van der Waals surface area contributed by atoms with E-state index in [0.29, 0.717) is 58.8 Å².